The molecule has 1 fully saturated rings. The molecule has 1 amide bonds. The minimum Gasteiger partial charge on any atom is -0.493 e. The molecule has 8 heteroatoms. The average Bonchev–Trinajstić information content (AvgIpc) is 3.49. The summed E-state index contributed by atoms with van der Waals surface area (Å²) in [5, 5.41) is 6.90. The maximum Gasteiger partial charge on any atom is 0.258 e. The summed E-state index contributed by atoms with van der Waals surface area (Å²) in [6, 6.07) is 13.1. The van der Waals surface area contributed by atoms with Crippen LogP contribution < -0.4 is 14.8 Å². The lowest BCUT2D eigenvalue weighted by Gasteiger charge is -2.13. The molecule has 0 unspecified atom stereocenters. The van der Waals surface area contributed by atoms with Gasteiger partial charge in [0, 0.05) is 24.3 Å². The molecule has 3 aromatic rings. The van der Waals surface area contributed by atoms with Gasteiger partial charge in [-0.3, -0.25) is 4.79 Å². The lowest BCUT2D eigenvalue weighted by molar-refractivity contribution is -0.123. The summed E-state index contributed by atoms with van der Waals surface area (Å²) in [6.07, 6.45) is 2.10. The fourth-order valence-corrected chi connectivity index (χ4v) is 3.31. The summed E-state index contributed by atoms with van der Waals surface area (Å²) in [4.78, 5) is 16.5. The van der Waals surface area contributed by atoms with Crippen LogP contribution in [0.25, 0.3) is 22.8 Å². The first kappa shape index (κ1) is 20.9. The van der Waals surface area contributed by atoms with Crippen LogP contribution >= 0.6 is 0 Å². The fourth-order valence-electron chi connectivity index (χ4n) is 3.31. The van der Waals surface area contributed by atoms with E-state index in [4.69, 9.17) is 18.7 Å². The van der Waals surface area contributed by atoms with Crippen LogP contribution in [0, 0.1) is 6.92 Å². The van der Waals surface area contributed by atoms with Crippen molar-refractivity contribution in [2.45, 2.75) is 25.9 Å². The maximum absolute atomic E-state index is 12.1. The van der Waals surface area contributed by atoms with Crippen LogP contribution in [0.1, 0.15) is 18.4 Å². The Labute approximate surface area is 180 Å². The van der Waals surface area contributed by atoms with Crippen LogP contribution in [0.3, 0.4) is 0 Å². The highest BCUT2D eigenvalue weighted by atomic mass is 16.5. The van der Waals surface area contributed by atoms with Gasteiger partial charge in [-0.2, -0.15) is 4.98 Å². The second-order valence-electron chi connectivity index (χ2n) is 7.38. The van der Waals surface area contributed by atoms with E-state index in [1.807, 2.05) is 31.2 Å². The largest absolute Gasteiger partial charge is 0.493 e. The third-order valence-electron chi connectivity index (χ3n) is 5.06. The zero-order valence-corrected chi connectivity index (χ0v) is 17.6. The molecule has 0 radical (unpaired) electrons. The van der Waals surface area contributed by atoms with Gasteiger partial charge in [0.1, 0.15) is 0 Å². The number of nitrogens with one attached hydrogen (secondary N) is 1. The molecule has 2 aromatic carbocycles. The fraction of sp³-hybridized carbons (Fsp3) is 0.348. The Morgan fingerprint density at radius 1 is 1.16 bits per heavy atom. The van der Waals surface area contributed by atoms with Crippen molar-refractivity contribution in [3.05, 3.63) is 48.0 Å². The van der Waals surface area contributed by atoms with Crippen LogP contribution in [0.4, 0.5) is 0 Å². The quantitative estimate of drug-likeness (QED) is 0.593. The van der Waals surface area contributed by atoms with Crippen molar-refractivity contribution in [3.8, 4) is 34.3 Å². The molecule has 0 bridgehead atoms. The van der Waals surface area contributed by atoms with Crippen molar-refractivity contribution in [2.75, 3.05) is 26.9 Å². The Morgan fingerprint density at radius 3 is 2.71 bits per heavy atom. The normalized spacial score (nSPS) is 15.6. The number of aryl methyl sites for hydroxylation is 1. The third-order valence-corrected chi connectivity index (χ3v) is 5.06. The van der Waals surface area contributed by atoms with E-state index in [1.54, 1.807) is 18.2 Å². The minimum absolute atomic E-state index is 0.0949. The van der Waals surface area contributed by atoms with E-state index in [0.29, 0.717) is 35.3 Å². The maximum atomic E-state index is 12.1. The molecule has 8 nitrogen and oxygen atoms in total. The van der Waals surface area contributed by atoms with Crippen LogP contribution in [-0.2, 0) is 9.53 Å². The van der Waals surface area contributed by atoms with Crippen molar-refractivity contribution in [2.24, 2.45) is 0 Å². The molecular weight excluding hydrogens is 398 g/mol. The van der Waals surface area contributed by atoms with Crippen molar-refractivity contribution in [1.82, 2.24) is 15.5 Å². The summed E-state index contributed by atoms with van der Waals surface area (Å²) in [7, 11) is 1.54. The van der Waals surface area contributed by atoms with Gasteiger partial charge in [0.05, 0.1) is 13.2 Å². The van der Waals surface area contributed by atoms with Gasteiger partial charge in [-0.25, -0.2) is 0 Å². The van der Waals surface area contributed by atoms with E-state index >= 15 is 0 Å². The van der Waals surface area contributed by atoms with Crippen LogP contribution in [-0.4, -0.2) is 49.0 Å². The van der Waals surface area contributed by atoms with E-state index < -0.39 is 0 Å². The van der Waals surface area contributed by atoms with Crippen molar-refractivity contribution < 1.29 is 23.5 Å². The summed E-state index contributed by atoms with van der Waals surface area (Å²) in [6.45, 7) is 3.17. The third kappa shape index (κ3) is 5.21. The van der Waals surface area contributed by atoms with Gasteiger partial charge in [-0.05, 0) is 50.1 Å². The second kappa shape index (κ2) is 9.61. The van der Waals surface area contributed by atoms with Gasteiger partial charge in [0.25, 0.3) is 11.8 Å². The molecule has 1 saturated heterocycles. The molecular formula is C23H25N3O5. The molecule has 31 heavy (non-hydrogen) atoms. The van der Waals surface area contributed by atoms with Crippen LogP contribution in [0.2, 0.25) is 0 Å². The van der Waals surface area contributed by atoms with Gasteiger partial charge < -0.3 is 24.1 Å². The van der Waals surface area contributed by atoms with Crippen LogP contribution in [0.15, 0.2) is 47.0 Å². The van der Waals surface area contributed by atoms with E-state index in [9.17, 15) is 4.79 Å². The number of carbonyl (C=O) groups is 1. The van der Waals surface area contributed by atoms with Gasteiger partial charge in [-0.1, -0.05) is 22.9 Å². The Morgan fingerprint density at radius 2 is 1.97 bits per heavy atom. The Hall–Kier alpha value is -3.39. The van der Waals surface area contributed by atoms with Crippen LogP contribution in [0.5, 0.6) is 11.5 Å². The molecule has 1 aliphatic heterocycles. The molecule has 1 N–H and O–H groups in total. The second-order valence-corrected chi connectivity index (χ2v) is 7.38. The molecule has 2 heterocycles. The smallest absolute Gasteiger partial charge is 0.258 e. The monoisotopic (exact) mass is 423 g/mol. The number of hydrogen-bond acceptors (Lipinski definition) is 7. The van der Waals surface area contributed by atoms with Crippen molar-refractivity contribution in [3.63, 3.8) is 0 Å². The zero-order valence-electron chi connectivity index (χ0n) is 17.6. The highest BCUT2D eigenvalue weighted by molar-refractivity contribution is 5.77. The lowest BCUT2D eigenvalue weighted by Crippen LogP contribution is -2.35. The van der Waals surface area contributed by atoms with Gasteiger partial charge in [-0.15, -0.1) is 0 Å². The van der Waals surface area contributed by atoms with Gasteiger partial charge in [0.15, 0.2) is 18.1 Å². The predicted molar refractivity (Wildman–Crippen MR) is 114 cm³/mol. The first-order chi connectivity index (χ1) is 15.1. The van der Waals surface area contributed by atoms with Crippen molar-refractivity contribution in [1.29, 1.82) is 0 Å². The number of rotatable bonds is 8. The SMILES string of the molecule is COc1cc(-c2noc(-c3ccc(C)cc3)n2)ccc1OCC(=O)NC[C@@H]1CCCO1. The van der Waals surface area contributed by atoms with Gasteiger partial charge >= 0.3 is 0 Å². The van der Waals surface area contributed by atoms with Crippen molar-refractivity contribution >= 4 is 5.91 Å². The summed E-state index contributed by atoms with van der Waals surface area (Å²) in [5.74, 6) is 1.61. The highest BCUT2D eigenvalue weighted by Crippen LogP contribution is 2.32. The average molecular weight is 423 g/mol. The first-order valence-electron chi connectivity index (χ1n) is 10.2. The number of methoxy groups -OCH3 is 1. The molecule has 0 aliphatic carbocycles. The Balaban J connectivity index is 1.39. The van der Waals surface area contributed by atoms with E-state index in [2.05, 4.69) is 15.5 Å². The molecule has 1 atom stereocenters. The molecule has 1 aromatic heterocycles. The lowest BCUT2D eigenvalue weighted by atomic mass is 10.1. The number of amides is 1. The van der Waals surface area contributed by atoms with E-state index in [0.717, 1.165) is 30.6 Å². The summed E-state index contributed by atoms with van der Waals surface area (Å²) in [5.41, 5.74) is 2.73. The number of nitrogens with zero attached hydrogens (tertiary/aromatic N) is 2. The summed E-state index contributed by atoms with van der Waals surface area (Å²) < 4.78 is 22.0. The number of carbonyl (C=O) groups excluding carboxylic acids is 1. The first-order valence-corrected chi connectivity index (χ1v) is 10.2. The number of ether oxygens (including phenoxy) is 3. The topological polar surface area (TPSA) is 95.7 Å². The molecule has 1 aliphatic rings. The molecule has 0 spiro atoms. The molecule has 0 saturated carbocycles. The summed E-state index contributed by atoms with van der Waals surface area (Å²) >= 11 is 0. The van der Waals surface area contributed by atoms with Gasteiger partial charge in [0.2, 0.25) is 5.82 Å². The zero-order chi connectivity index (χ0) is 21.6. The number of hydrogen-bond donors (Lipinski definition) is 1. The van der Waals surface area contributed by atoms with E-state index in [1.165, 1.54) is 7.11 Å². The standard InChI is InChI=1S/C23H25N3O5/c1-15-5-7-16(8-6-15)23-25-22(26-31-23)17-9-10-19(20(12-17)28-2)30-14-21(27)24-13-18-4-3-11-29-18/h5-10,12,18H,3-4,11,13-14H2,1-2H3,(H,24,27)/t18-/m0/s1. The number of benzene rings is 2. The van der Waals surface area contributed by atoms with E-state index in [-0.39, 0.29) is 18.6 Å². The number of aromatic nitrogens is 2. The predicted octanol–water partition coefficient (Wildman–Crippen LogP) is 3.39. The minimum atomic E-state index is -0.206. The Bertz CT molecular complexity index is 1030. The molecule has 4 rings (SSSR count). The Kier molecular flexibility index (Phi) is 6.47. The molecule has 162 valence electrons. The highest BCUT2D eigenvalue weighted by Gasteiger charge is 2.17.